The Hall–Kier alpha value is -3.35. The predicted octanol–water partition coefficient (Wildman–Crippen LogP) is 3.67. The van der Waals surface area contributed by atoms with Crippen LogP contribution >= 0.6 is 0 Å². The molecule has 0 aromatic heterocycles. The minimum Gasteiger partial charge on any atom is -0.481 e. The monoisotopic (exact) mass is 424 g/mol. The second kappa shape index (κ2) is 9.64. The summed E-state index contributed by atoms with van der Waals surface area (Å²) in [7, 11) is 0. The molecule has 0 atom stereocenters. The van der Waals surface area contributed by atoms with Gasteiger partial charge in [-0.25, -0.2) is 4.79 Å². The highest BCUT2D eigenvalue weighted by molar-refractivity contribution is 5.80. The van der Waals surface area contributed by atoms with Gasteiger partial charge in [0, 0.05) is 30.8 Å². The lowest BCUT2D eigenvalue weighted by Gasteiger charge is -2.25. The summed E-state index contributed by atoms with van der Waals surface area (Å²) in [5, 5.41) is 14.1. The van der Waals surface area contributed by atoms with Crippen molar-refractivity contribution in [1.82, 2.24) is 10.6 Å². The third kappa shape index (κ3) is 5.84. The van der Waals surface area contributed by atoms with Crippen LogP contribution in [0.2, 0.25) is 0 Å². The Bertz CT molecular complexity index is 924. The summed E-state index contributed by atoms with van der Waals surface area (Å²) in [6, 6.07) is 16.2. The molecule has 0 saturated heterocycles. The lowest BCUT2D eigenvalue weighted by molar-refractivity contribution is -0.137. The largest absolute Gasteiger partial charge is 0.481 e. The Balaban J connectivity index is 1.52. The van der Waals surface area contributed by atoms with Crippen LogP contribution < -0.4 is 10.6 Å². The van der Waals surface area contributed by atoms with E-state index in [1.54, 1.807) is 13.8 Å². The van der Waals surface area contributed by atoms with Crippen LogP contribution in [-0.2, 0) is 14.3 Å². The molecule has 7 nitrogen and oxygen atoms in total. The van der Waals surface area contributed by atoms with Gasteiger partial charge in [-0.3, -0.25) is 9.59 Å². The topological polar surface area (TPSA) is 105 Å². The van der Waals surface area contributed by atoms with Crippen LogP contribution in [0.25, 0.3) is 11.1 Å². The standard InChI is InChI=1S/C24H28N2O5/c1-24(2,14-21(27)25-13-7-12-22(28)29)26-23(30)31-15-20-18-10-5-3-8-16(18)17-9-4-6-11-19(17)20/h3-6,8-11,20H,7,12-15H2,1-2H3,(H,25,27)(H,26,30)(H,28,29). The van der Waals surface area contributed by atoms with E-state index in [0.717, 1.165) is 22.3 Å². The van der Waals surface area contributed by atoms with E-state index >= 15 is 0 Å². The average molecular weight is 424 g/mol. The summed E-state index contributed by atoms with van der Waals surface area (Å²) in [5.74, 6) is -1.18. The molecule has 0 saturated carbocycles. The minimum atomic E-state index is -0.897. The van der Waals surface area contributed by atoms with Crippen molar-refractivity contribution in [2.75, 3.05) is 13.2 Å². The number of benzene rings is 2. The van der Waals surface area contributed by atoms with Crippen molar-refractivity contribution < 1.29 is 24.2 Å². The number of carboxylic acids is 1. The van der Waals surface area contributed by atoms with Crippen molar-refractivity contribution in [3.63, 3.8) is 0 Å². The fourth-order valence-corrected chi connectivity index (χ4v) is 3.89. The number of aliphatic carboxylic acids is 1. The third-order valence-corrected chi connectivity index (χ3v) is 5.28. The molecule has 31 heavy (non-hydrogen) atoms. The Labute approximate surface area is 181 Å². The molecule has 0 spiro atoms. The number of alkyl carbamates (subject to hydrolysis) is 1. The summed E-state index contributed by atoms with van der Waals surface area (Å²) < 4.78 is 5.53. The van der Waals surface area contributed by atoms with Gasteiger partial charge in [0.1, 0.15) is 6.61 Å². The molecule has 2 aromatic carbocycles. The first-order valence-electron chi connectivity index (χ1n) is 10.4. The summed E-state index contributed by atoms with van der Waals surface area (Å²) in [6.07, 6.45) is -0.154. The lowest BCUT2D eigenvalue weighted by atomic mass is 9.98. The second-order valence-electron chi connectivity index (χ2n) is 8.36. The van der Waals surface area contributed by atoms with E-state index in [2.05, 4.69) is 34.9 Å². The van der Waals surface area contributed by atoms with Crippen LogP contribution in [0.4, 0.5) is 4.79 Å². The SMILES string of the molecule is CC(C)(CC(=O)NCCCC(=O)O)NC(=O)OCC1c2ccccc2-c2ccccc21. The van der Waals surface area contributed by atoms with E-state index in [0.29, 0.717) is 6.42 Å². The zero-order chi connectivity index (χ0) is 22.4. The molecule has 0 heterocycles. The molecule has 164 valence electrons. The summed E-state index contributed by atoms with van der Waals surface area (Å²) in [5.41, 5.74) is 3.78. The van der Waals surface area contributed by atoms with E-state index in [-0.39, 0.29) is 37.8 Å². The molecule has 2 aromatic rings. The number of nitrogens with one attached hydrogen (secondary N) is 2. The Morgan fingerprint density at radius 3 is 2.16 bits per heavy atom. The molecular weight excluding hydrogens is 396 g/mol. The lowest BCUT2D eigenvalue weighted by Crippen LogP contribution is -2.47. The van der Waals surface area contributed by atoms with Crippen molar-refractivity contribution in [2.24, 2.45) is 0 Å². The normalized spacial score (nSPS) is 12.6. The average Bonchev–Trinajstić information content (AvgIpc) is 3.03. The molecule has 0 bridgehead atoms. The van der Waals surface area contributed by atoms with Crippen LogP contribution in [-0.4, -0.2) is 41.8 Å². The first-order valence-corrected chi connectivity index (χ1v) is 10.4. The number of rotatable bonds is 9. The van der Waals surface area contributed by atoms with Crippen LogP contribution in [0.15, 0.2) is 48.5 Å². The number of ether oxygens (including phenoxy) is 1. The van der Waals surface area contributed by atoms with Gasteiger partial charge in [0.2, 0.25) is 5.91 Å². The number of hydrogen-bond acceptors (Lipinski definition) is 4. The highest BCUT2D eigenvalue weighted by Crippen LogP contribution is 2.44. The van der Waals surface area contributed by atoms with Gasteiger partial charge < -0.3 is 20.5 Å². The highest BCUT2D eigenvalue weighted by Gasteiger charge is 2.30. The molecule has 0 fully saturated rings. The second-order valence-corrected chi connectivity index (χ2v) is 8.36. The van der Waals surface area contributed by atoms with Gasteiger partial charge >= 0.3 is 12.1 Å². The maximum atomic E-state index is 12.4. The van der Waals surface area contributed by atoms with Crippen LogP contribution in [0, 0.1) is 0 Å². The van der Waals surface area contributed by atoms with E-state index in [4.69, 9.17) is 9.84 Å². The molecule has 1 aliphatic rings. The molecule has 1 aliphatic carbocycles. The first-order chi connectivity index (χ1) is 14.8. The van der Waals surface area contributed by atoms with E-state index in [9.17, 15) is 14.4 Å². The van der Waals surface area contributed by atoms with Crippen molar-refractivity contribution in [3.8, 4) is 11.1 Å². The summed E-state index contributed by atoms with van der Waals surface area (Å²) in [6.45, 7) is 3.97. The molecule has 3 rings (SSSR count). The van der Waals surface area contributed by atoms with Gasteiger partial charge in [0.25, 0.3) is 0 Å². The third-order valence-electron chi connectivity index (χ3n) is 5.28. The number of fused-ring (bicyclic) bond motifs is 3. The molecule has 0 unspecified atom stereocenters. The smallest absolute Gasteiger partial charge is 0.407 e. The van der Waals surface area contributed by atoms with Crippen LogP contribution in [0.1, 0.15) is 50.2 Å². The summed E-state index contributed by atoms with van der Waals surface area (Å²) >= 11 is 0. The minimum absolute atomic E-state index is 0.00166. The van der Waals surface area contributed by atoms with Gasteiger partial charge in [-0.15, -0.1) is 0 Å². The Morgan fingerprint density at radius 1 is 1.00 bits per heavy atom. The number of carbonyl (C=O) groups is 3. The predicted molar refractivity (Wildman–Crippen MR) is 117 cm³/mol. The number of carboxylic acid groups (broad SMARTS) is 1. The van der Waals surface area contributed by atoms with Crippen LogP contribution in [0.5, 0.6) is 0 Å². The van der Waals surface area contributed by atoms with Crippen molar-refractivity contribution >= 4 is 18.0 Å². The highest BCUT2D eigenvalue weighted by atomic mass is 16.5. The number of carbonyl (C=O) groups excluding carboxylic acids is 2. The Kier molecular flexibility index (Phi) is 6.95. The number of hydrogen-bond donors (Lipinski definition) is 3. The maximum absolute atomic E-state index is 12.4. The molecule has 7 heteroatoms. The van der Waals surface area contributed by atoms with Crippen LogP contribution in [0.3, 0.4) is 0 Å². The van der Waals surface area contributed by atoms with Crippen molar-refractivity contribution in [1.29, 1.82) is 0 Å². The van der Waals surface area contributed by atoms with Gasteiger partial charge in [-0.1, -0.05) is 48.5 Å². The van der Waals surface area contributed by atoms with Gasteiger partial charge in [0.15, 0.2) is 0 Å². The zero-order valence-corrected chi connectivity index (χ0v) is 17.8. The van der Waals surface area contributed by atoms with E-state index in [1.165, 1.54) is 0 Å². The maximum Gasteiger partial charge on any atom is 0.407 e. The zero-order valence-electron chi connectivity index (χ0n) is 17.8. The molecule has 2 amide bonds. The molecule has 0 aliphatic heterocycles. The first kappa shape index (κ1) is 22.3. The van der Waals surface area contributed by atoms with Crippen molar-refractivity contribution in [3.05, 3.63) is 59.7 Å². The number of amides is 2. The fourth-order valence-electron chi connectivity index (χ4n) is 3.89. The molecular formula is C24H28N2O5. The van der Waals surface area contributed by atoms with Crippen molar-refractivity contribution in [2.45, 2.75) is 44.6 Å². The molecule has 0 radical (unpaired) electrons. The quantitative estimate of drug-likeness (QED) is 0.533. The fraction of sp³-hybridized carbons (Fsp3) is 0.375. The summed E-state index contributed by atoms with van der Waals surface area (Å²) in [4.78, 5) is 35.0. The van der Waals surface area contributed by atoms with E-state index < -0.39 is 17.6 Å². The molecule has 3 N–H and O–H groups in total. The Morgan fingerprint density at radius 2 is 1.58 bits per heavy atom. The van der Waals surface area contributed by atoms with Gasteiger partial charge in [-0.05, 0) is 42.5 Å². The van der Waals surface area contributed by atoms with Gasteiger partial charge in [-0.2, -0.15) is 0 Å². The van der Waals surface area contributed by atoms with Gasteiger partial charge in [0.05, 0.1) is 0 Å². The van der Waals surface area contributed by atoms with E-state index in [1.807, 2.05) is 24.3 Å².